The van der Waals surface area contributed by atoms with E-state index in [1.807, 2.05) is 0 Å². The molecule has 0 aliphatic rings. The minimum Gasteiger partial charge on any atom is -0.494 e. The highest BCUT2D eigenvalue weighted by molar-refractivity contribution is 9.10. The minimum atomic E-state index is -4.43. The number of aliphatic hydroxyl groups excluding tert-OH is 1. The summed E-state index contributed by atoms with van der Waals surface area (Å²) < 4.78 is 63.9. The number of benzene rings is 1. The first-order valence-electron chi connectivity index (χ1n) is 13.4. The summed E-state index contributed by atoms with van der Waals surface area (Å²) in [6.45, 7) is 9.45. The van der Waals surface area contributed by atoms with Gasteiger partial charge in [0.25, 0.3) is 0 Å². The molecule has 0 radical (unpaired) electrons. The summed E-state index contributed by atoms with van der Waals surface area (Å²) in [5, 5.41) is 18.4. The maximum absolute atomic E-state index is 14.8. The number of pyridine rings is 1. The Hall–Kier alpha value is -3.27. The molecular weight excluding hydrogens is 661 g/mol. The van der Waals surface area contributed by atoms with Gasteiger partial charge in [-0.2, -0.15) is 0 Å². The lowest BCUT2D eigenvalue weighted by molar-refractivity contribution is 0.166. The fourth-order valence-electron chi connectivity index (χ4n) is 4.42. The molecule has 3 heterocycles. The van der Waals surface area contributed by atoms with Crippen LogP contribution in [0, 0.1) is 12.7 Å². The molecule has 0 bridgehead atoms. The molecule has 0 amide bonds. The van der Waals surface area contributed by atoms with Crippen LogP contribution in [0.25, 0.3) is 17.3 Å². The molecule has 2 atom stereocenters. The number of nitrogens with zero attached hydrogens (tertiary/aromatic N) is 5. The second-order valence-electron chi connectivity index (χ2n) is 11.2. The number of hydrogen-bond acceptors (Lipinski definition) is 9. The highest BCUT2D eigenvalue weighted by atomic mass is 79.9. The van der Waals surface area contributed by atoms with Gasteiger partial charge in [0.15, 0.2) is 5.76 Å². The molecular formula is C28H35BrFN5O6SSi. The molecule has 4 rings (SSSR count). The van der Waals surface area contributed by atoms with Gasteiger partial charge in [-0.15, -0.1) is 10.2 Å². The van der Waals surface area contributed by atoms with E-state index in [9.17, 15) is 17.9 Å². The van der Waals surface area contributed by atoms with Crippen LogP contribution in [0.1, 0.15) is 24.5 Å². The number of furan rings is 1. The van der Waals surface area contributed by atoms with Crippen LogP contribution in [-0.4, -0.2) is 67.4 Å². The van der Waals surface area contributed by atoms with Gasteiger partial charge in [-0.3, -0.25) is 9.55 Å². The summed E-state index contributed by atoms with van der Waals surface area (Å²) in [5.41, 5.74) is -0.0392. The molecule has 1 aromatic carbocycles. The van der Waals surface area contributed by atoms with E-state index in [1.54, 1.807) is 37.3 Å². The third-order valence-electron chi connectivity index (χ3n) is 6.86. The molecule has 0 saturated heterocycles. The van der Waals surface area contributed by atoms with Crippen molar-refractivity contribution in [3.63, 3.8) is 0 Å². The average molecular weight is 697 g/mol. The lowest BCUT2D eigenvalue weighted by Gasteiger charge is -2.31. The van der Waals surface area contributed by atoms with Gasteiger partial charge in [-0.05, 0) is 66.2 Å². The van der Waals surface area contributed by atoms with Crippen molar-refractivity contribution in [1.82, 2.24) is 19.7 Å². The van der Waals surface area contributed by atoms with Crippen molar-refractivity contribution in [3.8, 4) is 28.8 Å². The molecule has 1 N–H and O–H groups in total. The van der Waals surface area contributed by atoms with Crippen LogP contribution >= 0.6 is 15.9 Å². The second-order valence-corrected chi connectivity index (χ2v) is 19.9. The third kappa shape index (κ3) is 6.79. The Kier molecular flexibility index (Phi) is 9.68. The van der Waals surface area contributed by atoms with E-state index >= 15 is 0 Å². The van der Waals surface area contributed by atoms with E-state index in [0.29, 0.717) is 39.2 Å². The van der Waals surface area contributed by atoms with Crippen molar-refractivity contribution in [1.29, 1.82) is 0 Å². The summed E-state index contributed by atoms with van der Waals surface area (Å²) in [6, 6.07) is 10.3. The smallest absolute Gasteiger partial charge is 0.246 e. The SMILES string of the molecule is COc1cccc(OC)c1-n1c(-c2ccc(C)o2)nnc1N(CC[Si](C)(C)C)S(=O)(=O)[C@H](C)[C@@H](O)c1ncc(Br)cc1F. The molecule has 3 aromatic heterocycles. The van der Waals surface area contributed by atoms with Crippen molar-refractivity contribution < 1.29 is 31.8 Å². The van der Waals surface area contributed by atoms with Crippen LogP contribution in [0.4, 0.5) is 10.3 Å². The quantitative estimate of drug-likeness (QED) is 0.184. The number of aliphatic hydroxyl groups is 1. The Balaban J connectivity index is 1.97. The number of anilines is 1. The lowest BCUT2D eigenvalue weighted by Crippen LogP contribution is -2.44. The van der Waals surface area contributed by atoms with E-state index in [1.165, 1.54) is 31.9 Å². The largest absolute Gasteiger partial charge is 0.494 e. The average Bonchev–Trinajstić information content (AvgIpc) is 3.57. The van der Waals surface area contributed by atoms with Gasteiger partial charge >= 0.3 is 0 Å². The molecule has 43 heavy (non-hydrogen) atoms. The van der Waals surface area contributed by atoms with E-state index in [-0.39, 0.29) is 24.0 Å². The number of halogens is 2. The first-order valence-corrected chi connectivity index (χ1v) is 19.4. The van der Waals surface area contributed by atoms with Crippen LogP contribution in [-0.2, 0) is 10.0 Å². The fourth-order valence-corrected chi connectivity index (χ4v) is 7.32. The lowest BCUT2D eigenvalue weighted by atomic mass is 10.2. The second kappa shape index (κ2) is 12.8. The molecule has 4 aromatic rings. The Morgan fingerprint density at radius 3 is 2.33 bits per heavy atom. The van der Waals surface area contributed by atoms with Crippen molar-refractivity contribution in [2.75, 3.05) is 25.1 Å². The van der Waals surface area contributed by atoms with Crippen LogP contribution in [0.15, 0.2) is 51.5 Å². The number of aromatic nitrogens is 4. The van der Waals surface area contributed by atoms with Crippen LogP contribution in [0.2, 0.25) is 25.7 Å². The van der Waals surface area contributed by atoms with Gasteiger partial charge in [0.1, 0.15) is 45.8 Å². The zero-order chi connectivity index (χ0) is 31.7. The number of sulfonamides is 1. The van der Waals surface area contributed by atoms with E-state index in [0.717, 1.165) is 10.4 Å². The van der Waals surface area contributed by atoms with Crippen LogP contribution in [0.5, 0.6) is 11.5 Å². The van der Waals surface area contributed by atoms with Gasteiger partial charge < -0.3 is 19.0 Å². The standard InChI is InChI=1S/C28H35BrFN5O6SSi/c1-17-11-12-23(41-17)27-32-33-28(35(27)25-21(39-3)9-8-10-22(25)40-4)34(13-14-43(5,6)7)42(37,38)18(2)26(36)24-20(30)15-19(29)16-31-24/h8-12,15-16,18,26,36H,13-14H2,1-7H3/t18-,26-/m1/s1. The van der Waals surface area contributed by atoms with Gasteiger partial charge in [0.05, 0.1) is 14.2 Å². The van der Waals surface area contributed by atoms with Crippen LogP contribution < -0.4 is 13.8 Å². The molecule has 0 spiro atoms. The summed E-state index contributed by atoms with van der Waals surface area (Å²) in [4.78, 5) is 3.96. The number of para-hydroxylation sites is 1. The fraction of sp³-hybridized carbons (Fsp3) is 0.393. The van der Waals surface area contributed by atoms with Crippen molar-refractivity contribution in [2.45, 2.75) is 50.9 Å². The van der Waals surface area contributed by atoms with Crippen molar-refractivity contribution in [3.05, 3.63) is 64.3 Å². The summed E-state index contributed by atoms with van der Waals surface area (Å²) in [5.74, 6) is 0.961. The van der Waals surface area contributed by atoms with E-state index < -0.39 is 35.3 Å². The monoisotopic (exact) mass is 695 g/mol. The number of rotatable bonds is 12. The predicted molar refractivity (Wildman–Crippen MR) is 168 cm³/mol. The van der Waals surface area contributed by atoms with E-state index in [4.69, 9.17) is 13.9 Å². The summed E-state index contributed by atoms with van der Waals surface area (Å²) in [6.07, 6.45) is -0.483. The van der Waals surface area contributed by atoms with Gasteiger partial charge in [-0.25, -0.2) is 17.1 Å². The van der Waals surface area contributed by atoms with Crippen LogP contribution in [0.3, 0.4) is 0 Å². The maximum atomic E-state index is 14.8. The van der Waals surface area contributed by atoms with Gasteiger partial charge in [0, 0.05) is 25.3 Å². The normalized spacial score (nSPS) is 13.5. The zero-order valence-electron chi connectivity index (χ0n) is 25.0. The van der Waals surface area contributed by atoms with Gasteiger partial charge in [0.2, 0.25) is 21.8 Å². The molecule has 11 nitrogen and oxygen atoms in total. The Labute approximate surface area is 259 Å². The number of ether oxygens (including phenoxy) is 2. The zero-order valence-corrected chi connectivity index (χ0v) is 28.4. The van der Waals surface area contributed by atoms with E-state index in [2.05, 4.69) is 50.8 Å². The van der Waals surface area contributed by atoms with Gasteiger partial charge in [-0.1, -0.05) is 25.7 Å². The maximum Gasteiger partial charge on any atom is 0.246 e. The summed E-state index contributed by atoms with van der Waals surface area (Å²) >= 11 is 3.14. The number of aryl methyl sites for hydroxylation is 1. The number of methoxy groups -OCH3 is 2. The molecule has 0 fully saturated rings. The topological polar surface area (TPSA) is 133 Å². The molecule has 0 aliphatic heterocycles. The molecule has 0 unspecified atom stereocenters. The molecule has 0 aliphatic carbocycles. The van der Waals surface area contributed by atoms with Crippen molar-refractivity contribution in [2.24, 2.45) is 0 Å². The highest BCUT2D eigenvalue weighted by Gasteiger charge is 2.40. The first kappa shape index (κ1) is 32.6. The molecule has 232 valence electrons. The molecule has 15 heteroatoms. The first-order chi connectivity index (χ1) is 20.2. The highest BCUT2D eigenvalue weighted by Crippen LogP contribution is 2.40. The Morgan fingerprint density at radius 2 is 1.79 bits per heavy atom. The minimum absolute atomic E-state index is 0.0259. The number of hydrogen-bond donors (Lipinski definition) is 1. The Morgan fingerprint density at radius 1 is 1.14 bits per heavy atom. The van der Waals surface area contributed by atoms with Crippen molar-refractivity contribution >= 4 is 40.0 Å². The molecule has 0 saturated carbocycles. The summed E-state index contributed by atoms with van der Waals surface area (Å²) in [7, 11) is -3.30. The Bertz CT molecular complexity index is 1690. The predicted octanol–water partition coefficient (Wildman–Crippen LogP) is 5.75. The third-order valence-corrected chi connectivity index (χ3v) is 11.2.